The maximum atomic E-state index is 11.9. The first kappa shape index (κ1) is 12.1. The van der Waals surface area contributed by atoms with Gasteiger partial charge in [0.25, 0.3) is 5.91 Å². The lowest BCUT2D eigenvalue weighted by Gasteiger charge is -2.07. The van der Waals surface area contributed by atoms with Crippen molar-refractivity contribution in [2.45, 2.75) is 13.5 Å². The number of benzene rings is 1. The van der Waals surface area contributed by atoms with Gasteiger partial charge in [0.2, 0.25) is 0 Å². The highest BCUT2D eigenvalue weighted by molar-refractivity contribution is 5.96. The molecule has 0 unspecified atom stereocenters. The number of carbonyl (C=O) groups excluding carboxylic acids is 1. The SMILES string of the molecule is Cc1ccc(O)c(C(=O)NCc2cccnc2)c1. The molecule has 1 heterocycles. The van der Waals surface area contributed by atoms with Crippen LogP contribution in [0.25, 0.3) is 0 Å². The maximum absolute atomic E-state index is 11.9. The molecule has 18 heavy (non-hydrogen) atoms. The fraction of sp³-hybridized carbons (Fsp3) is 0.143. The lowest BCUT2D eigenvalue weighted by molar-refractivity contribution is 0.0948. The van der Waals surface area contributed by atoms with Crippen molar-refractivity contribution in [1.82, 2.24) is 10.3 Å². The van der Waals surface area contributed by atoms with Crippen LogP contribution in [-0.2, 0) is 6.54 Å². The second-order valence-corrected chi connectivity index (χ2v) is 4.06. The number of hydrogen-bond donors (Lipinski definition) is 2. The zero-order valence-electron chi connectivity index (χ0n) is 10.1. The van der Waals surface area contributed by atoms with Gasteiger partial charge in [-0.2, -0.15) is 0 Å². The Labute approximate surface area is 105 Å². The lowest BCUT2D eigenvalue weighted by Crippen LogP contribution is -2.23. The fourth-order valence-corrected chi connectivity index (χ4v) is 1.61. The van der Waals surface area contributed by atoms with E-state index in [4.69, 9.17) is 0 Å². The Kier molecular flexibility index (Phi) is 3.57. The molecular formula is C14H14N2O2. The molecule has 0 aliphatic rings. The summed E-state index contributed by atoms with van der Waals surface area (Å²) in [5.41, 5.74) is 2.14. The van der Waals surface area contributed by atoms with E-state index in [1.54, 1.807) is 24.5 Å². The Bertz CT molecular complexity index is 553. The van der Waals surface area contributed by atoms with Crippen LogP contribution in [-0.4, -0.2) is 16.0 Å². The van der Waals surface area contributed by atoms with Gasteiger partial charge in [-0.25, -0.2) is 0 Å². The van der Waals surface area contributed by atoms with Gasteiger partial charge in [-0.1, -0.05) is 17.7 Å². The molecule has 0 bridgehead atoms. The summed E-state index contributed by atoms with van der Waals surface area (Å²) in [5, 5.41) is 12.4. The van der Waals surface area contributed by atoms with Gasteiger partial charge >= 0.3 is 0 Å². The number of aromatic nitrogens is 1. The van der Waals surface area contributed by atoms with Gasteiger partial charge in [-0.3, -0.25) is 9.78 Å². The molecule has 4 nitrogen and oxygen atoms in total. The van der Waals surface area contributed by atoms with Crippen molar-refractivity contribution in [1.29, 1.82) is 0 Å². The van der Waals surface area contributed by atoms with Crippen LogP contribution in [0.1, 0.15) is 21.5 Å². The van der Waals surface area contributed by atoms with E-state index in [1.165, 1.54) is 6.07 Å². The summed E-state index contributed by atoms with van der Waals surface area (Å²) in [6.07, 6.45) is 3.37. The van der Waals surface area contributed by atoms with E-state index < -0.39 is 0 Å². The highest BCUT2D eigenvalue weighted by atomic mass is 16.3. The molecule has 4 heteroatoms. The zero-order valence-corrected chi connectivity index (χ0v) is 10.1. The minimum atomic E-state index is -0.292. The third-order valence-electron chi connectivity index (χ3n) is 2.57. The number of phenolic OH excluding ortho intramolecular Hbond substituents is 1. The van der Waals surface area contributed by atoms with Gasteiger partial charge in [0.15, 0.2) is 0 Å². The summed E-state index contributed by atoms with van der Waals surface area (Å²) >= 11 is 0. The predicted octanol–water partition coefficient (Wildman–Crippen LogP) is 2.03. The molecule has 2 aromatic rings. The van der Waals surface area contributed by atoms with E-state index >= 15 is 0 Å². The van der Waals surface area contributed by atoms with Crippen molar-refractivity contribution in [2.75, 3.05) is 0 Å². The summed E-state index contributed by atoms with van der Waals surface area (Å²) in [4.78, 5) is 15.9. The first-order valence-electron chi connectivity index (χ1n) is 5.63. The Morgan fingerprint density at radius 2 is 2.22 bits per heavy atom. The molecule has 0 fully saturated rings. The van der Waals surface area contributed by atoms with Crippen LogP contribution < -0.4 is 5.32 Å². The number of nitrogens with one attached hydrogen (secondary N) is 1. The summed E-state index contributed by atoms with van der Waals surface area (Å²) in [6.45, 7) is 2.26. The second-order valence-electron chi connectivity index (χ2n) is 4.06. The zero-order chi connectivity index (χ0) is 13.0. The number of rotatable bonds is 3. The third kappa shape index (κ3) is 2.85. The van der Waals surface area contributed by atoms with Crippen LogP contribution in [0.2, 0.25) is 0 Å². The number of aromatic hydroxyl groups is 1. The van der Waals surface area contributed by atoms with Crippen LogP contribution >= 0.6 is 0 Å². The second kappa shape index (κ2) is 5.31. The molecule has 2 N–H and O–H groups in total. The summed E-state index contributed by atoms with van der Waals surface area (Å²) in [6, 6.07) is 8.63. The number of aryl methyl sites for hydroxylation is 1. The molecule has 0 aliphatic carbocycles. The van der Waals surface area contributed by atoms with Crippen molar-refractivity contribution in [3.63, 3.8) is 0 Å². The smallest absolute Gasteiger partial charge is 0.255 e. The van der Waals surface area contributed by atoms with Crippen molar-refractivity contribution in [2.24, 2.45) is 0 Å². The average molecular weight is 242 g/mol. The molecule has 0 aliphatic heterocycles. The van der Waals surface area contributed by atoms with E-state index in [-0.39, 0.29) is 11.7 Å². The molecule has 0 saturated carbocycles. The van der Waals surface area contributed by atoms with Crippen LogP contribution in [0.3, 0.4) is 0 Å². The molecule has 1 aromatic heterocycles. The van der Waals surface area contributed by atoms with E-state index in [0.29, 0.717) is 12.1 Å². The van der Waals surface area contributed by atoms with E-state index in [0.717, 1.165) is 11.1 Å². The number of pyridine rings is 1. The molecule has 0 atom stereocenters. The predicted molar refractivity (Wildman–Crippen MR) is 68.3 cm³/mol. The number of hydrogen-bond acceptors (Lipinski definition) is 3. The minimum absolute atomic E-state index is 0.00992. The highest BCUT2D eigenvalue weighted by Crippen LogP contribution is 2.17. The molecule has 0 radical (unpaired) electrons. The number of phenols is 1. The molecule has 0 spiro atoms. The van der Waals surface area contributed by atoms with Crippen molar-refractivity contribution in [3.05, 3.63) is 59.4 Å². The van der Waals surface area contributed by atoms with Gasteiger partial charge < -0.3 is 10.4 Å². The molecule has 1 amide bonds. The fourth-order valence-electron chi connectivity index (χ4n) is 1.61. The monoisotopic (exact) mass is 242 g/mol. The number of amides is 1. The highest BCUT2D eigenvalue weighted by Gasteiger charge is 2.10. The summed E-state index contributed by atoms with van der Waals surface area (Å²) in [5.74, 6) is -0.302. The van der Waals surface area contributed by atoms with Crippen LogP contribution in [0.5, 0.6) is 5.75 Å². The standard InChI is InChI=1S/C14H14N2O2/c1-10-4-5-13(17)12(7-10)14(18)16-9-11-3-2-6-15-8-11/h2-8,17H,9H2,1H3,(H,16,18). The first-order valence-corrected chi connectivity index (χ1v) is 5.63. The number of nitrogens with zero attached hydrogens (tertiary/aromatic N) is 1. The van der Waals surface area contributed by atoms with Crippen LogP contribution in [0.4, 0.5) is 0 Å². The topological polar surface area (TPSA) is 62.2 Å². The van der Waals surface area contributed by atoms with Gasteiger partial charge in [0, 0.05) is 18.9 Å². The van der Waals surface area contributed by atoms with Gasteiger partial charge in [-0.05, 0) is 30.7 Å². The largest absolute Gasteiger partial charge is 0.507 e. The van der Waals surface area contributed by atoms with Gasteiger partial charge in [-0.15, -0.1) is 0 Å². The van der Waals surface area contributed by atoms with Crippen LogP contribution in [0, 0.1) is 6.92 Å². The molecule has 0 saturated heterocycles. The molecule has 92 valence electrons. The lowest BCUT2D eigenvalue weighted by atomic mass is 10.1. The van der Waals surface area contributed by atoms with E-state index in [1.807, 2.05) is 19.1 Å². The average Bonchev–Trinajstić information content (AvgIpc) is 2.40. The third-order valence-corrected chi connectivity index (χ3v) is 2.57. The maximum Gasteiger partial charge on any atom is 0.255 e. The number of carbonyl (C=O) groups is 1. The normalized spacial score (nSPS) is 10.1. The minimum Gasteiger partial charge on any atom is -0.507 e. The van der Waals surface area contributed by atoms with E-state index in [9.17, 15) is 9.90 Å². The van der Waals surface area contributed by atoms with Crippen molar-refractivity contribution in [3.8, 4) is 5.75 Å². The molecule has 1 aromatic carbocycles. The Morgan fingerprint density at radius 1 is 1.39 bits per heavy atom. The van der Waals surface area contributed by atoms with E-state index in [2.05, 4.69) is 10.3 Å². The quantitative estimate of drug-likeness (QED) is 0.865. The van der Waals surface area contributed by atoms with Gasteiger partial charge in [0.05, 0.1) is 5.56 Å². The molecular weight excluding hydrogens is 228 g/mol. The Hall–Kier alpha value is -2.36. The van der Waals surface area contributed by atoms with Crippen molar-refractivity contribution >= 4 is 5.91 Å². The summed E-state index contributed by atoms with van der Waals surface area (Å²) in [7, 11) is 0. The van der Waals surface area contributed by atoms with Gasteiger partial charge in [0.1, 0.15) is 5.75 Å². The van der Waals surface area contributed by atoms with Crippen molar-refractivity contribution < 1.29 is 9.90 Å². The Balaban J connectivity index is 2.06. The summed E-state index contributed by atoms with van der Waals surface area (Å²) < 4.78 is 0. The first-order chi connectivity index (χ1) is 8.66. The van der Waals surface area contributed by atoms with Crippen LogP contribution in [0.15, 0.2) is 42.7 Å². The molecule has 2 rings (SSSR count). The Morgan fingerprint density at radius 3 is 2.94 bits per heavy atom.